The van der Waals surface area contributed by atoms with Crippen molar-refractivity contribution in [1.29, 1.82) is 0 Å². The molecule has 0 aromatic heterocycles. The minimum atomic E-state index is -0.910. The molecule has 3 saturated heterocycles. The van der Waals surface area contributed by atoms with E-state index in [-0.39, 0.29) is 11.9 Å². The first-order valence-corrected chi connectivity index (χ1v) is 8.42. The summed E-state index contributed by atoms with van der Waals surface area (Å²) in [5.41, 5.74) is -0.224. The van der Waals surface area contributed by atoms with E-state index >= 15 is 0 Å². The number of carbonyl (C=O) groups is 1. The number of amides is 1. The van der Waals surface area contributed by atoms with Gasteiger partial charge in [0.15, 0.2) is 5.60 Å². The molecule has 24 heavy (non-hydrogen) atoms. The number of fused-ring (bicyclic) bond motifs is 3. The maximum absolute atomic E-state index is 12.9. The molecule has 0 spiro atoms. The molecule has 1 amide bonds. The van der Waals surface area contributed by atoms with Crippen LogP contribution in [0.3, 0.4) is 0 Å². The van der Waals surface area contributed by atoms with Crippen LogP contribution in [-0.4, -0.2) is 42.3 Å². The maximum atomic E-state index is 12.9. The SMILES string of the molecule is CC(C)(C#Cc1ccc(F)cc1)OC(=O)NC1CN2CCC1CC2. The second-order valence-electron chi connectivity index (χ2n) is 7.05. The Bertz CT molecular complexity index is 652. The average Bonchev–Trinajstić information content (AvgIpc) is 2.55. The van der Waals surface area contributed by atoms with Crippen molar-refractivity contribution >= 4 is 6.09 Å². The van der Waals surface area contributed by atoms with E-state index in [4.69, 9.17) is 4.74 Å². The molecule has 3 heterocycles. The highest BCUT2D eigenvalue weighted by Crippen LogP contribution is 2.27. The summed E-state index contributed by atoms with van der Waals surface area (Å²) in [5.74, 6) is 6.10. The third-order valence-corrected chi connectivity index (χ3v) is 4.66. The number of nitrogens with one attached hydrogen (secondary N) is 1. The predicted molar refractivity (Wildman–Crippen MR) is 89.9 cm³/mol. The lowest BCUT2D eigenvalue weighted by Gasteiger charge is -2.44. The molecular formula is C19H23FN2O2. The molecule has 2 bridgehead atoms. The zero-order valence-electron chi connectivity index (χ0n) is 14.1. The van der Waals surface area contributed by atoms with Crippen LogP contribution in [0.15, 0.2) is 24.3 Å². The second-order valence-corrected chi connectivity index (χ2v) is 7.05. The Kier molecular flexibility index (Phi) is 4.77. The fraction of sp³-hybridized carbons (Fsp3) is 0.526. The molecule has 0 radical (unpaired) electrons. The number of hydrogen-bond acceptors (Lipinski definition) is 3. The van der Waals surface area contributed by atoms with Gasteiger partial charge in [0, 0.05) is 18.2 Å². The van der Waals surface area contributed by atoms with Gasteiger partial charge in [-0.2, -0.15) is 0 Å². The molecule has 1 aromatic rings. The summed E-state index contributed by atoms with van der Waals surface area (Å²) in [4.78, 5) is 14.6. The van der Waals surface area contributed by atoms with Gasteiger partial charge in [0.25, 0.3) is 0 Å². The predicted octanol–water partition coefficient (Wildman–Crippen LogP) is 2.78. The normalized spacial score (nSPS) is 25.5. The summed E-state index contributed by atoms with van der Waals surface area (Å²) in [7, 11) is 0. The standard InChI is InChI=1S/C19H23FN2O2/c1-19(2,10-7-14-3-5-16(20)6-4-14)24-18(23)21-17-13-22-11-8-15(17)9-12-22/h3-6,15,17H,8-9,11-13H2,1-2H3,(H,21,23). The molecule has 0 aliphatic carbocycles. The number of nitrogens with zero attached hydrogens (tertiary/aromatic N) is 1. The average molecular weight is 330 g/mol. The number of piperidine rings is 3. The lowest BCUT2D eigenvalue weighted by atomic mass is 9.84. The molecule has 3 fully saturated rings. The van der Waals surface area contributed by atoms with Crippen LogP contribution in [0.2, 0.25) is 0 Å². The topological polar surface area (TPSA) is 41.6 Å². The van der Waals surface area contributed by atoms with Crippen molar-refractivity contribution in [2.45, 2.75) is 38.3 Å². The Morgan fingerprint density at radius 1 is 1.29 bits per heavy atom. The minimum Gasteiger partial charge on any atom is -0.430 e. The van der Waals surface area contributed by atoms with Crippen LogP contribution in [0.5, 0.6) is 0 Å². The molecule has 3 aliphatic heterocycles. The van der Waals surface area contributed by atoms with Gasteiger partial charge >= 0.3 is 6.09 Å². The van der Waals surface area contributed by atoms with Crippen LogP contribution in [0.1, 0.15) is 32.3 Å². The number of rotatable bonds is 2. The van der Waals surface area contributed by atoms with Crippen molar-refractivity contribution in [3.63, 3.8) is 0 Å². The smallest absolute Gasteiger partial charge is 0.408 e. The molecule has 4 nitrogen and oxygen atoms in total. The number of alkyl carbamates (subject to hydrolysis) is 1. The van der Waals surface area contributed by atoms with Crippen LogP contribution in [0, 0.1) is 23.6 Å². The zero-order chi connectivity index (χ0) is 17.2. The molecule has 5 heteroatoms. The van der Waals surface area contributed by atoms with Crippen molar-refractivity contribution in [2.24, 2.45) is 5.92 Å². The number of carbonyl (C=O) groups excluding carboxylic acids is 1. The molecule has 3 aliphatic rings. The fourth-order valence-corrected chi connectivity index (χ4v) is 3.32. The van der Waals surface area contributed by atoms with E-state index in [9.17, 15) is 9.18 Å². The van der Waals surface area contributed by atoms with Gasteiger partial charge in [0.2, 0.25) is 0 Å². The van der Waals surface area contributed by atoms with Crippen molar-refractivity contribution in [3.05, 3.63) is 35.6 Å². The van der Waals surface area contributed by atoms with Gasteiger partial charge < -0.3 is 15.0 Å². The lowest BCUT2D eigenvalue weighted by Crippen LogP contribution is -2.57. The van der Waals surface area contributed by atoms with Crippen LogP contribution in [-0.2, 0) is 4.74 Å². The Labute approximate surface area is 142 Å². The Morgan fingerprint density at radius 2 is 1.96 bits per heavy atom. The van der Waals surface area contributed by atoms with Crippen LogP contribution in [0.25, 0.3) is 0 Å². The largest absolute Gasteiger partial charge is 0.430 e. The highest BCUT2D eigenvalue weighted by molar-refractivity contribution is 5.68. The van der Waals surface area contributed by atoms with Crippen molar-refractivity contribution < 1.29 is 13.9 Å². The molecule has 4 rings (SSSR count). The first kappa shape index (κ1) is 16.8. The number of halogens is 1. The summed E-state index contributed by atoms with van der Waals surface area (Å²) in [5, 5.41) is 2.99. The minimum absolute atomic E-state index is 0.167. The Morgan fingerprint density at radius 3 is 2.54 bits per heavy atom. The first-order valence-electron chi connectivity index (χ1n) is 8.42. The second kappa shape index (κ2) is 6.82. The molecule has 1 unspecified atom stereocenters. The maximum Gasteiger partial charge on any atom is 0.408 e. The third-order valence-electron chi connectivity index (χ3n) is 4.66. The molecule has 1 N–H and O–H groups in total. The van der Waals surface area contributed by atoms with Gasteiger partial charge in [-0.25, -0.2) is 9.18 Å². The number of benzene rings is 1. The number of ether oxygens (including phenoxy) is 1. The third kappa shape index (κ3) is 4.27. The highest BCUT2D eigenvalue weighted by Gasteiger charge is 2.35. The zero-order valence-corrected chi connectivity index (χ0v) is 14.1. The van der Waals surface area contributed by atoms with Gasteiger partial charge in [-0.15, -0.1) is 0 Å². The Balaban J connectivity index is 1.56. The summed E-state index contributed by atoms with van der Waals surface area (Å²) in [6.45, 7) is 6.67. The van der Waals surface area contributed by atoms with E-state index in [0.717, 1.165) is 32.5 Å². The van der Waals surface area contributed by atoms with Crippen molar-refractivity contribution in [2.75, 3.05) is 19.6 Å². The molecular weight excluding hydrogens is 307 g/mol. The van der Waals surface area contributed by atoms with Crippen LogP contribution < -0.4 is 5.32 Å². The summed E-state index contributed by atoms with van der Waals surface area (Å²) in [6.07, 6.45) is 1.85. The van der Waals surface area contributed by atoms with Gasteiger partial charge in [-0.1, -0.05) is 11.8 Å². The Hall–Kier alpha value is -2.06. The quantitative estimate of drug-likeness (QED) is 0.848. The van der Waals surface area contributed by atoms with Crippen LogP contribution >= 0.6 is 0 Å². The molecule has 1 aromatic carbocycles. The summed E-state index contributed by atoms with van der Waals surface area (Å²) >= 11 is 0. The van der Waals surface area contributed by atoms with Gasteiger partial charge in [-0.05, 0) is 70.0 Å². The van der Waals surface area contributed by atoms with Crippen LogP contribution in [0.4, 0.5) is 9.18 Å². The number of hydrogen-bond donors (Lipinski definition) is 1. The van der Waals surface area contributed by atoms with E-state index < -0.39 is 11.7 Å². The van der Waals surface area contributed by atoms with Gasteiger partial charge in [0.1, 0.15) is 5.82 Å². The van der Waals surface area contributed by atoms with E-state index in [2.05, 4.69) is 22.1 Å². The van der Waals surface area contributed by atoms with E-state index in [0.29, 0.717) is 11.5 Å². The van der Waals surface area contributed by atoms with E-state index in [1.54, 1.807) is 26.0 Å². The molecule has 128 valence electrons. The summed E-state index contributed by atoms with van der Waals surface area (Å²) in [6, 6.07) is 6.09. The first-order chi connectivity index (χ1) is 11.4. The highest BCUT2D eigenvalue weighted by atomic mass is 19.1. The van der Waals surface area contributed by atoms with Gasteiger partial charge in [-0.3, -0.25) is 0 Å². The van der Waals surface area contributed by atoms with Crippen molar-refractivity contribution in [1.82, 2.24) is 10.2 Å². The lowest BCUT2D eigenvalue weighted by molar-refractivity contribution is 0.0460. The van der Waals surface area contributed by atoms with Crippen molar-refractivity contribution in [3.8, 4) is 11.8 Å². The fourth-order valence-electron chi connectivity index (χ4n) is 3.32. The molecule has 0 saturated carbocycles. The summed E-state index contributed by atoms with van der Waals surface area (Å²) < 4.78 is 18.4. The van der Waals surface area contributed by atoms with Gasteiger partial charge in [0.05, 0.1) is 0 Å². The molecule has 1 atom stereocenters. The van der Waals surface area contributed by atoms with E-state index in [1.807, 2.05) is 0 Å². The van der Waals surface area contributed by atoms with E-state index in [1.165, 1.54) is 12.1 Å². The monoisotopic (exact) mass is 330 g/mol.